The Morgan fingerprint density at radius 3 is 1.94 bits per heavy atom. The van der Waals surface area contributed by atoms with Crippen LogP contribution in [0.1, 0.15) is 46.5 Å². The minimum absolute atomic E-state index is 0.831. The van der Waals surface area contributed by atoms with Crippen LogP contribution in [-0.4, -0.2) is 38.3 Å². The van der Waals surface area contributed by atoms with Crippen LogP contribution in [0.15, 0.2) is 0 Å². The van der Waals surface area contributed by atoms with Gasteiger partial charge >= 0.3 is 0 Å². The fourth-order valence-electron chi connectivity index (χ4n) is 3.52. The van der Waals surface area contributed by atoms with Gasteiger partial charge in [0, 0.05) is 12.8 Å². The van der Waals surface area contributed by atoms with Crippen LogP contribution >= 0.6 is 0 Å². The van der Waals surface area contributed by atoms with E-state index in [0.717, 1.165) is 18.0 Å². The summed E-state index contributed by atoms with van der Waals surface area (Å²) in [4.78, 5) is 3.77. The molecule has 0 unspecified atom stereocenters. The van der Waals surface area contributed by atoms with E-state index in [2.05, 4.69) is 20.8 Å². The summed E-state index contributed by atoms with van der Waals surface area (Å²) in [6.45, 7) is 12.9. The van der Waals surface area contributed by atoms with E-state index in [9.17, 15) is 0 Å². The van der Waals surface area contributed by atoms with E-state index in [-0.39, 0.29) is 0 Å². The largest absolute Gasteiger partial charge is 0.333 e. The molecule has 2 nitrogen and oxygen atoms in total. The summed E-state index contributed by atoms with van der Waals surface area (Å²) in [5.41, 5.74) is 0. The van der Waals surface area contributed by atoms with Gasteiger partial charge in [0.2, 0.25) is 0 Å². The third kappa shape index (κ3) is 2.98. The van der Waals surface area contributed by atoms with Crippen molar-refractivity contribution in [3.63, 3.8) is 0 Å². The Kier molecular flexibility index (Phi) is 4.26. The molecule has 0 amide bonds. The first-order valence-electron chi connectivity index (χ1n) is 7.36. The smallest absolute Gasteiger partial charge is 0.0983 e. The third-order valence-electron chi connectivity index (χ3n) is 4.94. The van der Waals surface area contributed by atoms with E-state index in [1.165, 1.54) is 51.9 Å². The van der Waals surface area contributed by atoms with Gasteiger partial charge in [-0.2, -0.15) is 0 Å². The molecule has 2 aliphatic heterocycles. The number of quaternary nitrogens is 2. The predicted octanol–water partition coefficient (Wildman–Crippen LogP) is -0.243. The Morgan fingerprint density at radius 2 is 1.44 bits per heavy atom. The van der Waals surface area contributed by atoms with Crippen molar-refractivity contribution in [2.75, 3.05) is 26.2 Å². The van der Waals surface area contributed by atoms with Crippen molar-refractivity contribution in [2.45, 2.75) is 58.5 Å². The Bertz CT molecular complexity index is 199. The molecule has 2 fully saturated rings. The van der Waals surface area contributed by atoms with Gasteiger partial charge in [0.25, 0.3) is 0 Å². The quantitative estimate of drug-likeness (QED) is 0.643. The van der Waals surface area contributed by atoms with Crippen LogP contribution in [0, 0.1) is 5.92 Å². The Hall–Kier alpha value is -0.0800. The van der Waals surface area contributed by atoms with Crippen molar-refractivity contribution in [3.8, 4) is 0 Å². The highest BCUT2D eigenvalue weighted by Gasteiger charge is 2.32. The summed E-state index contributed by atoms with van der Waals surface area (Å²) < 4.78 is 0. The number of rotatable bonds is 2. The van der Waals surface area contributed by atoms with Gasteiger partial charge in [0.1, 0.15) is 0 Å². The van der Waals surface area contributed by atoms with Crippen LogP contribution in [0.5, 0.6) is 0 Å². The molecular weight excluding hydrogens is 196 g/mol. The van der Waals surface area contributed by atoms with Crippen LogP contribution in [0.2, 0.25) is 0 Å². The van der Waals surface area contributed by atoms with Crippen molar-refractivity contribution in [3.05, 3.63) is 0 Å². The normalized spacial score (nSPS) is 41.2. The molecule has 2 N–H and O–H groups in total. The molecule has 2 aliphatic rings. The molecule has 0 spiro atoms. The second-order valence-electron chi connectivity index (χ2n) is 6.43. The third-order valence-corrected chi connectivity index (χ3v) is 4.94. The number of likely N-dealkylation sites (tertiary alicyclic amines) is 2. The lowest BCUT2D eigenvalue weighted by Gasteiger charge is -2.38. The number of hydrogen-bond acceptors (Lipinski definition) is 0. The molecule has 0 bridgehead atoms. The van der Waals surface area contributed by atoms with Crippen molar-refractivity contribution < 1.29 is 9.80 Å². The Labute approximate surface area is 101 Å². The topological polar surface area (TPSA) is 8.88 Å². The van der Waals surface area contributed by atoms with Gasteiger partial charge in [-0.25, -0.2) is 0 Å². The zero-order valence-corrected chi connectivity index (χ0v) is 11.4. The van der Waals surface area contributed by atoms with Crippen LogP contribution in [0.3, 0.4) is 0 Å². The molecule has 2 heteroatoms. The SMILES string of the molecule is CC1CC[NH+](C2CC[NH+](C(C)C)CC2)CC1. The molecule has 2 saturated heterocycles. The predicted molar refractivity (Wildman–Crippen MR) is 67.9 cm³/mol. The monoisotopic (exact) mass is 226 g/mol. The first-order valence-corrected chi connectivity index (χ1v) is 7.36. The fourth-order valence-corrected chi connectivity index (χ4v) is 3.52. The van der Waals surface area contributed by atoms with Crippen molar-refractivity contribution in [1.29, 1.82) is 0 Å². The number of piperidine rings is 2. The number of hydrogen-bond donors (Lipinski definition) is 2. The van der Waals surface area contributed by atoms with Crippen molar-refractivity contribution in [2.24, 2.45) is 5.92 Å². The summed E-state index contributed by atoms with van der Waals surface area (Å²) in [6, 6.07) is 1.83. The molecule has 0 aliphatic carbocycles. The Balaban J connectivity index is 1.76. The molecule has 0 aromatic rings. The van der Waals surface area contributed by atoms with E-state index in [1.54, 1.807) is 0 Å². The summed E-state index contributed by atoms with van der Waals surface area (Å²) in [6.07, 6.45) is 5.87. The zero-order chi connectivity index (χ0) is 11.5. The minimum atomic E-state index is 0.831. The molecule has 94 valence electrons. The van der Waals surface area contributed by atoms with Gasteiger partial charge in [-0.3, -0.25) is 0 Å². The highest BCUT2D eigenvalue weighted by molar-refractivity contribution is 4.64. The van der Waals surface area contributed by atoms with Crippen LogP contribution in [-0.2, 0) is 0 Å². The van der Waals surface area contributed by atoms with E-state index in [0.29, 0.717) is 0 Å². The Morgan fingerprint density at radius 1 is 0.875 bits per heavy atom. The number of nitrogens with one attached hydrogen (secondary N) is 2. The molecule has 2 rings (SSSR count). The van der Waals surface area contributed by atoms with Crippen molar-refractivity contribution in [1.82, 2.24) is 0 Å². The van der Waals surface area contributed by atoms with E-state index < -0.39 is 0 Å². The lowest BCUT2D eigenvalue weighted by atomic mass is 9.94. The first kappa shape index (κ1) is 12.4. The van der Waals surface area contributed by atoms with Gasteiger partial charge in [0.05, 0.1) is 38.3 Å². The second-order valence-corrected chi connectivity index (χ2v) is 6.43. The standard InChI is InChI=1S/C14H28N2/c1-12(2)15-10-6-14(7-11-15)16-8-4-13(3)5-9-16/h12-14H,4-11H2,1-3H3/p+2. The highest BCUT2D eigenvalue weighted by atomic mass is 15.2. The molecule has 0 atom stereocenters. The van der Waals surface area contributed by atoms with E-state index in [1.807, 2.05) is 9.80 Å². The van der Waals surface area contributed by atoms with Gasteiger partial charge in [-0.05, 0) is 32.6 Å². The maximum atomic E-state index is 2.42. The molecule has 0 radical (unpaired) electrons. The van der Waals surface area contributed by atoms with Crippen LogP contribution in [0.25, 0.3) is 0 Å². The lowest BCUT2D eigenvalue weighted by molar-refractivity contribution is -0.969. The zero-order valence-electron chi connectivity index (χ0n) is 11.4. The molecule has 16 heavy (non-hydrogen) atoms. The van der Waals surface area contributed by atoms with Crippen molar-refractivity contribution >= 4 is 0 Å². The summed E-state index contributed by atoms with van der Waals surface area (Å²) in [5, 5.41) is 0. The van der Waals surface area contributed by atoms with Crippen LogP contribution in [0.4, 0.5) is 0 Å². The summed E-state index contributed by atoms with van der Waals surface area (Å²) in [5.74, 6) is 0.991. The van der Waals surface area contributed by atoms with Crippen LogP contribution < -0.4 is 9.80 Å². The average molecular weight is 226 g/mol. The molecule has 0 saturated carbocycles. The molecule has 0 aromatic carbocycles. The van der Waals surface area contributed by atoms with Gasteiger partial charge < -0.3 is 9.80 Å². The molecule has 0 aromatic heterocycles. The first-order chi connectivity index (χ1) is 7.66. The lowest BCUT2D eigenvalue weighted by Crippen LogP contribution is -3.22. The fraction of sp³-hybridized carbons (Fsp3) is 1.00. The highest BCUT2D eigenvalue weighted by Crippen LogP contribution is 2.08. The second kappa shape index (κ2) is 5.50. The van der Waals surface area contributed by atoms with Gasteiger partial charge in [0.15, 0.2) is 0 Å². The maximum Gasteiger partial charge on any atom is 0.0983 e. The van der Waals surface area contributed by atoms with Gasteiger partial charge in [-0.15, -0.1) is 0 Å². The molecular formula is C14H30N2+2. The molecule has 2 heterocycles. The summed E-state index contributed by atoms with van der Waals surface area (Å²) >= 11 is 0. The average Bonchev–Trinajstić information content (AvgIpc) is 2.30. The van der Waals surface area contributed by atoms with E-state index >= 15 is 0 Å². The maximum absolute atomic E-state index is 2.42. The summed E-state index contributed by atoms with van der Waals surface area (Å²) in [7, 11) is 0. The minimum Gasteiger partial charge on any atom is -0.333 e. The van der Waals surface area contributed by atoms with Gasteiger partial charge in [-0.1, -0.05) is 6.92 Å². The van der Waals surface area contributed by atoms with E-state index in [4.69, 9.17) is 0 Å².